The van der Waals surface area contributed by atoms with Crippen LogP contribution in [-0.4, -0.2) is 56.3 Å². The Morgan fingerprint density at radius 3 is 3.04 bits per heavy atom. The number of thiocarbonyl (C=S) groups is 1. The van der Waals surface area contributed by atoms with Gasteiger partial charge in [-0.25, -0.2) is 0 Å². The first-order valence-corrected chi connectivity index (χ1v) is 9.26. The zero-order valence-corrected chi connectivity index (χ0v) is 14.4. The Labute approximate surface area is 146 Å². The topological polar surface area (TPSA) is 82.8 Å². The molecule has 0 radical (unpaired) electrons. The highest BCUT2D eigenvalue weighted by Crippen LogP contribution is 2.32. The quantitative estimate of drug-likeness (QED) is 0.606. The van der Waals surface area contributed by atoms with Gasteiger partial charge in [0.25, 0.3) is 5.91 Å². The average Bonchev–Trinajstić information content (AvgIpc) is 3.20. The van der Waals surface area contributed by atoms with Gasteiger partial charge in [0.05, 0.1) is 23.3 Å². The number of hydrogen-bond acceptors (Lipinski definition) is 7. The van der Waals surface area contributed by atoms with Crippen molar-refractivity contribution >= 4 is 58.0 Å². The minimum Gasteiger partial charge on any atom is -0.465 e. The minimum atomic E-state index is -0.547. The second-order valence-corrected chi connectivity index (χ2v) is 7.81. The van der Waals surface area contributed by atoms with E-state index < -0.39 is 6.10 Å². The van der Waals surface area contributed by atoms with Crippen molar-refractivity contribution in [3.8, 4) is 0 Å². The molecule has 2 saturated heterocycles. The molecule has 0 aromatic carbocycles. The van der Waals surface area contributed by atoms with E-state index in [1.165, 1.54) is 11.2 Å². The Morgan fingerprint density at radius 1 is 1.57 bits per heavy atom. The summed E-state index contributed by atoms with van der Waals surface area (Å²) in [5.41, 5.74) is 0. The molecular weight excluding hydrogens is 356 g/mol. The van der Waals surface area contributed by atoms with Gasteiger partial charge in [-0.3, -0.25) is 14.5 Å². The predicted octanol–water partition coefficient (Wildman–Crippen LogP) is 1.07. The van der Waals surface area contributed by atoms with Crippen molar-refractivity contribution in [3.05, 3.63) is 29.1 Å². The molecule has 0 saturated carbocycles. The van der Waals surface area contributed by atoms with Gasteiger partial charge in [0, 0.05) is 17.6 Å². The minimum absolute atomic E-state index is 0.145. The lowest BCUT2D eigenvalue weighted by molar-refractivity contribution is -0.129. The van der Waals surface area contributed by atoms with Crippen molar-refractivity contribution < 1.29 is 19.1 Å². The van der Waals surface area contributed by atoms with Crippen molar-refractivity contribution in [2.45, 2.75) is 12.1 Å². The molecule has 0 unspecified atom stereocenters. The van der Waals surface area contributed by atoms with Crippen LogP contribution in [0.2, 0.25) is 0 Å². The molecule has 23 heavy (non-hydrogen) atoms. The number of aliphatic hydroxyl groups is 1. The first kappa shape index (κ1) is 16.6. The van der Waals surface area contributed by atoms with E-state index in [1.807, 2.05) is 0 Å². The van der Waals surface area contributed by atoms with Gasteiger partial charge in [-0.2, -0.15) is 11.8 Å². The van der Waals surface area contributed by atoms with Gasteiger partial charge < -0.3 is 14.8 Å². The second kappa shape index (κ2) is 7.08. The molecule has 2 fully saturated rings. The number of carbonyl (C=O) groups excluding carboxylic acids is 2. The van der Waals surface area contributed by atoms with Gasteiger partial charge in [-0.1, -0.05) is 24.0 Å². The molecule has 3 heterocycles. The molecule has 122 valence electrons. The molecule has 2 aliphatic rings. The molecule has 2 amide bonds. The Hall–Kier alpha value is -1.29. The van der Waals surface area contributed by atoms with Gasteiger partial charge in [0.15, 0.2) is 0 Å². The Balaban J connectivity index is 1.62. The summed E-state index contributed by atoms with van der Waals surface area (Å²) in [7, 11) is 0. The summed E-state index contributed by atoms with van der Waals surface area (Å²) >= 11 is 7.90. The highest BCUT2D eigenvalue weighted by Gasteiger charge is 2.35. The van der Waals surface area contributed by atoms with E-state index in [4.69, 9.17) is 16.6 Å². The standard InChI is InChI=1S/C14H14N2O4S3/c17-10-7-22-6-9(10)15-12(18)5-16-13(19)11(23-14(16)21)4-8-2-1-3-20-8/h1-4,9-10,17H,5-7H2,(H,15,18)/b11-4-/t9-,10-/m1/s1. The van der Waals surface area contributed by atoms with E-state index in [-0.39, 0.29) is 24.4 Å². The summed E-state index contributed by atoms with van der Waals surface area (Å²) < 4.78 is 5.52. The van der Waals surface area contributed by atoms with E-state index in [0.29, 0.717) is 26.5 Å². The number of aliphatic hydroxyl groups excluding tert-OH is 1. The lowest BCUT2D eigenvalue weighted by Crippen LogP contribution is -2.47. The van der Waals surface area contributed by atoms with E-state index in [2.05, 4.69) is 5.32 Å². The van der Waals surface area contributed by atoms with Crippen molar-refractivity contribution in [2.24, 2.45) is 0 Å². The third-order valence-corrected chi connectivity index (χ3v) is 5.94. The summed E-state index contributed by atoms with van der Waals surface area (Å²) in [4.78, 5) is 26.1. The van der Waals surface area contributed by atoms with Gasteiger partial charge in [-0.15, -0.1) is 0 Å². The zero-order valence-electron chi connectivity index (χ0n) is 11.9. The normalized spacial score (nSPS) is 26.3. The first-order valence-electron chi connectivity index (χ1n) is 6.88. The van der Waals surface area contributed by atoms with Crippen LogP contribution in [0.5, 0.6) is 0 Å². The molecule has 0 aliphatic carbocycles. The van der Waals surface area contributed by atoms with Crippen LogP contribution in [0.15, 0.2) is 27.7 Å². The zero-order chi connectivity index (χ0) is 16.4. The molecule has 0 bridgehead atoms. The van der Waals surface area contributed by atoms with Gasteiger partial charge in [-0.05, 0) is 12.1 Å². The molecule has 2 N–H and O–H groups in total. The maximum Gasteiger partial charge on any atom is 0.266 e. The fourth-order valence-corrected chi connectivity index (χ4v) is 4.62. The lowest BCUT2D eigenvalue weighted by Gasteiger charge is -2.18. The number of hydrogen-bond donors (Lipinski definition) is 2. The molecule has 3 rings (SSSR count). The number of furan rings is 1. The molecule has 2 atom stereocenters. The van der Waals surface area contributed by atoms with E-state index >= 15 is 0 Å². The number of nitrogens with zero attached hydrogens (tertiary/aromatic N) is 1. The highest BCUT2D eigenvalue weighted by atomic mass is 32.2. The van der Waals surface area contributed by atoms with Gasteiger partial charge in [0.2, 0.25) is 5.91 Å². The van der Waals surface area contributed by atoms with Crippen LogP contribution in [0, 0.1) is 0 Å². The van der Waals surface area contributed by atoms with Crippen molar-refractivity contribution in [3.63, 3.8) is 0 Å². The van der Waals surface area contributed by atoms with Crippen LogP contribution in [0.25, 0.3) is 6.08 Å². The van der Waals surface area contributed by atoms with Crippen molar-refractivity contribution in [2.75, 3.05) is 18.1 Å². The second-order valence-electron chi connectivity index (χ2n) is 5.06. The summed E-state index contributed by atoms with van der Waals surface area (Å²) in [5, 5.41) is 12.5. The highest BCUT2D eigenvalue weighted by molar-refractivity contribution is 8.26. The average molecular weight is 370 g/mol. The number of nitrogens with one attached hydrogen (secondary N) is 1. The fourth-order valence-electron chi connectivity index (χ4n) is 2.22. The molecule has 6 nitrogen and oxygen atoms in total. The molecule has 9 heteroatoms. The van der Waals surface area contributed by atoms with Gasteiger partial charge in [0.1, 0.15) is 16.6 Å². The molecule has 1 aromatic heterocycles. The Bertz CT molecular complexity index is 659. The third-order valence-electron chi connectivity index (χ3n) is 3.39. The monoisotopic (exact) mass is 370 g/mol. The third kappa shape index (κ3) is 3.79. The molecule has 0 spiro atoms. The van der Waals surface area contributed by atoms with Crippen LogP contribution in [0.4, 0.5) is 0 Å². The number of amides is 2. The van der Waals surface area contributed by atoms with Crippen molar-refractivity contribution in [1.29, 1.82) is 0 Å². The van der Waals surface area contributed by atoms with Crippen LogP contribution in [0.3, 0.4) is 0 Å². The van der Waals surface area contributed by atoms with Crippen LogP contribution < -0.4 is 5.32 Å². The van der Waals surface area contributed by atoms with Crippen LogP contribution in [0.1, 0.15) is 5.76 Å². The predicted molar refractivity (Wildman–Crippen MR) is 93.8 cm³/mol. The molecule has 2 aliphatic heterocycles. The maximum atomic E-state index is 12.4. The van der Waals surface area contributed by atoms with Gasteiger partial charge >= 0.3 is 0 Å². The fraction of sp³-hybridized carbons (Fsp3) is 0.357. The smallest absolute Gasteiger partial charge is 0.266 e. The summed E-state index contributed by atoms with van der Waals surface area (Å²) in [6.07, 6.45) is 2.58. The number of carbonyl (C=O) groups is 2. The Morgan fingerprint density at radius 2 is 2.39 bits per heavy atom. The summed E-state index contributed by atoms with van der Waals surface area (Å²) in [6.45, 7) is -0.145. The largest absolute Gasteiger partial charge is 0.465 e. The van der Waals surface area contributed by atoms with E-state index in [9.17, 15) is 14.7 Å². The van der Waals surface area contributed by atoms with E-state index in [0.717, 1.165) is 11.8 Å². The Kier molecular flexibility index (Phi) is 5.10. The first-order chi connectivity index (χ1) is 11.0. The van der Waals surface area contributed by atoms with E-state index in [1.54, 1.807) is 30.0 Å². The number of thioether (sulfide) groups is 2. The SMILES string of the molecule is O=C(CN1C(=O)/C(=C/c2ccco2)SC1=S)N[C@@H]1CSC[C@H]1O. The maximum absolute atomic E-state index is 12.4. The molecular formula is C14H14N2O4S3. The summed E-state index contributed by atoms with van der Waals surface area (Å²) in [5.74, 6) is 1.20. The van der Waals surface area contributed by atoms with Crippen LogP contribution in [-0.2, 0) is 9.59 Å². The lowest BCUT2D eigenvalue weighted by atomic mass is 10.2. The summed E-state index contributed by atoms with van der Waals surface area (Å²) in [6, 6.07) is 3.19. The van der Waals surface area contributed by atoms with Crippen LogP contribution >= 0.6 is 35.7 Å². The van der Waals surface area contributed by atoms with Crippen molar-refractivity contribution in [1.82, 2.24) is 10.2 Å². The number of rotatable bonds is 4. The molecule has 1 aromatic rings.